The summed E-state index contributed by atoms with van der Waals surface area (Å²) in [6, 6.07) is 20.5. The number of hydrogen-bond donors (Lipinski definition) is 2. The molecule has 3 aromatic carbocycles. The fraction of sp³-hybridized carbons (Fsp3) is 0.0417. The normalized spacial score (nSPS) is 14.8. The summed E-state index contributed by atoms with van der Waals surface area (Å²) in [6.45, 7) is 1.08. The van der Waals surface area contributed by atoms with Crippen molar-refractivity contribution in [2.45, 2.75) is 6.92 Å². The van der Waals surface area contributed by atoms with Gasteiger partial charge in [-0.2, -0.15) is 18.2 Å². The predicted molar refractivity (Wildman–Crippen MR) is 121 cm³/mol. The first-order valence-electron chi connectivity index (χ1n) is 9.32. The summed E-state index contributed by atoms with van der Waals surface area (Å²) >= 11 is 1.25. The Morgan fingerprint density at radius 1 is 1.09 bits per heavy atom. The molecule has 0 aromatic heterocycles. The summed E-state index contributed by atoms with van der Waals surface area (Å²) in [7, 11) is 0. The van der Waals surface area contributed by atoms with E-state index in [0.29, 0.717) is 21.2 Å². The Morgan fingerprint density at radius 3 is 2.33 bits per heavy atom. The van der Waals surface area contributed by atoms with Crippen molar-refractivity contribution in [2.24, 2.45) is 4.99 Å². The number of thioether (sulfide) groups is 1. The van der Waals surface area contributed by atoms with Crippen molar-refractivity contribution in [3.63, 3.8) is 0 Å². The third kappa shape index (κ3) is 7.94. The van der Waals surface area contributed by atoms with Gasteiger partial charge in [0.1, 0.15) is 11.6 Å². The molecule has 0 spiro atoms. The van der Waals surface area contributed by atoms with Crippen LogP contribution in [0.2, 0.25) is 0 Å². The van der Waals surface area contributed by atoms with Crippen LogP contribution in [0.25, 0.3) is 17.2 Å². The molecule has 1 saturated heterocycles. The van der Waals surface area contributed by atoms with Gasteiger partial charge in [-0.05, 0) is 46.8 Å². The second kappa shape index (κ2) is 12.5. The van der Waals surface area contributed by atoms with E-state index in [2.05, 4.69) is 16.4 Å². The SMILES string of the molecule is CC(=O)O.O=C1NC(=Nc2cc[c-]cc2)S/C1=C/c1ccc(-c2ccc(F)cc2F)cc1.[Na+]. The minimum Gasteiger partial charge on any atom is -0.481 e. The van der Waals surface area contributed by atoms with Crippen LogP contribution in [0, 0.1) is 17.7 Å². The molecule has 1 amide bonds. The summed E-state index contributed by atoms with van der Waals surface area (Å²) in [5.41, 5.74) is 2.47. The Hall–Kier alpha value is -2.78. The van der Waals surface area contributed by atoms with Gasteiger partial charge in [0.2, 0.25) is 0 Å². The fourth-order valence-corrected chi connectivity index (χ4v) is 3.53. The number of carbonyl (C=O) groups excluding carboxylic acids is 1. The quantitative estimate of drug-likeness (QED) is 0.347. The number of benzene rings is 3. The van der Waals surface area contributed by atoms with Gasteiger partial charge in [0.25, 0.3) is 11.9 Å². The molecule has 0 radical (unpaired) electrons. The summed E-state index contributed by atoms with van der Waals surface area (Å²) in [5.74, 6) is -2.28. The van der Waals surface area contributed by atoms with Crippen LogP contribution in [0.4, 0.5) is 14.5 Å². The number of amidine groups is 1. The molecule has 4 rings (SSSR count). The van der Waals surface area contributed by atoms with Crippen LogP contribution in [-0.4, -0.2) is 22.2 Å². The first kappa shape index (κ1) is 26.5. The van der Waals surface area contributed by atoms with Crippen molar-refractivity contribution < 1.29 is 53.0 Å². The van der Waals surface area contributed by atoms with Gasteiger partial charge in [-0.15, -0.1) is 12.1 Å². The van der Waals surface area contributed by atoms with Gasteiger partial charge < -0.3 is 10.4 Å². The van der Waals surface area contributed by atoms with Crippen LogP contribution in [0.1, 0.15) is 12.5 Å². The largest absolute Gasteiger partial charge is 1.00 e. The van der Waals surface area contributed by atoms with Crippen molar-refractivity contribution in [1.82, 2.24) is 5.32 Å². The third-order valence-corrected chi connectivity index (χ3v) is 4.94. The van der Waals surface area contributed by atoms with Crippen molar-refractivity contribution in [3.8, 4) is 11.1 Å². The maximum absolute atomic E-state index is 13.9. The molecule has 5 nitrogen and oxygen atoms in total. The average molecular weight is 474 g/mol. The number of hydrogen-bond acceptors (Lipinski definition) is 4. The van der Waals surface area contributed by atoms with Crippen LogP contribution in [0.5, 0.6) is 0 Å². The van der Waals surface area contributed by atoms with Crippen LogP contribution in [0.15, 0.2) is 76.6 Å². The number of aliphatic imine (C=N–C) groups is 1. The Balaban J connectivity index is 0.000000714. The zero-order valence-corrected chi connectivity index (χ0v) is 20.6. The molecule has 9 heteroatoms. The standard InChI is InChI=1S/C22H13F2N2OS.C2H4O2.Na/c23-16-10-11-18(19(24)13-16)15-8-6-14(7-9-15)12-20-21(27)26-22(28-20)25-17-4-2-1-3-5-17;1-2(3)4;/h2-13H,(H,25,26,27);1H3,(H,3,4);/q-1;;+1/b20-12+;;. The summed E-state index contributed by atoms with van der Waals surface area (Å²) < 4.78 is 27.0. The van der Waals surface area contributed by atoms with Gasteiger partial charge in [0.05, 0.1) is 4.91 Å². The molecule has 33 heavy (non-hydrogen) atoms. The molecule has 0 aliphatic carbocycles. The number of rotatable bonds is 3. The second-order valence-electron chi connectivity index (χ2n) is 6.51. The molecular weight excluding hydrogens is 457 g/mol. The summed E-state index contributed by atoms with van der Waals surface area (Å²) in [5, 5.41) is 10.7. The minimum atomic E-state index is -0.833. The monoisotopic (exact) mass is 474 g/mol. The Bertz CT molecular complexity index is 1200. The molecule has 3 aromatic rings. The van der Waals surface area contributed by atoms with Crippen molar-refractivity contribution in [2.75, 3.05) is 0 Å². The average Bonchev–Trinajstić information content (AvgIpc) is 3.08. The van der Waals surface area contributed by atoms with E-state index < -0.39 is 17.6 Å². The number of halogens is 2. The number of carboxylic acid groups (broad SMARTS) is 1. The number of nitrogens with one attached hydrogen (secondary N) is 1. The Kier molecular flexibility index (Phi) is 9.99. The molecule has 0 saturated carbocycles. The molecule has 0 bridgehead atoms. The van der Waals surface area contributed by atoms with Gasteiger partial charge in [0.15, 0.2) is 5.17 Å². The van der Waals surface area contributed by atoms with Gasteiger partial charge in [-0.1, -0.05) is 24.3 Å². The van der Waals surface area contributed by atoms with E-state index in [1.165, 1.54) is 23.9 Å². The van der Waals surface area contributed by atoms with Crippen molar-refractivity contribution >= 4 is 40.6 Å². The maximum Gasteiger partial charge on any atom is 1.00 e. The molecule has 1 heterocycles. The van der Waals surface area contributed by atoms with Gasteiger partial charge in [0, 0.05) is 18.6 Å². The Labute approximate surface area is 215 Å². The number of nitrogens with zero attached hydrogens (tertiary/aromatic N) is 1. The van der Waals surface area contributed by atoms with E-state index in [9.17, 15) is 13.6 Å². The number of amides is 1. The second-order valence-corrected chi connectivity index (χ2v) is 7.54. The molecule has 0 atom stereocenters. The van der Waals surface area contributed by atoms with E-state index in [0.717, 1.165) is 24.2 Å². The molecule has 1 aliphatic heterocycles. The first-order valence-corrected chi connectivity index (χ1v) is 10.1. The molecular formula is C24H17F2N2NaO3S. The molecule has 162 valence electrons. The number of aliphatic carboxylic acids is 1. The van der Waals surface area contributed by atoms with Crippen molar-refractivity contribution in [3.05, 3.63) is 94.9 Å². The number of carboxylic acids is 1. The molecule has 1 aliphatic rings. The first-order chi connectivity index (χ1) is 15.3. The van der Waals surface area contributed by atoms with Crippen LogP contribution >= 0.6 is 11.8 Å². The van der Waals surface area contributed by atoms with E-state index in [-0.39, 0.29) is 35.5 Å². The van der Waals surface area contributed by atoms with Crippen LogP contribution in [-0.2, 0) is 9.59 Å². The van der Waals surface area contributed by atoms with E-state index in [1.807, 2.05) is 0 Å². The van der Waals surface area contributed by atoms with E-state index in [1.54, 1.807) is 54.6 Å². The van der Waals surface area contributed by atoms with E-state index >= 15 is 0 Å². The molecule has 0 unspecified atom stereocenters. The summed E-state index contributed by atoms with van der Waals surface area (Å²) in [4.78, 5) is 26.1. The van der Waals surface area contributed by atoms with Crippen LogP contribution < -0.4 is 34.9 Å². The molecule has 2 N–H and O–H groups in total. The molecule has 1 fully saturated rings. The van der Waals surface area contributed by atoms with Crippen molar-refractivity contribution in [1.29, 1.82) is 0 Å². The van der Waals surface area contributed by atoms with Gasteiger partial charge >= 0.3 is 29.6 Å². The van der Waals surface area contributed by atoms with Gasteiger partial charge in [-0.25, -0.2) is 8.78 Å². The number of carbonyl (C=O) groups is 2. The maximum atomic E-state index is 13.9. The topological polar surface area (TPSA) is 78.8 Å². The smallest absolute Gasteiger partial charge is 0.481 e. The van der Waals surface area contributed by atoms with E-state index in [4.69, 9.17) is 9.90 Å². The zero-order valence-electron chi connectivity index (χ0n) is 17.8. The van der Waals surface area contributed by atoms with Crippen LogP contribution in [0.3, 0.4) is 0 Å². The van der Waals surface area contributed by atoms with Gasteiger partial charge in [-0.3, -0.25) is 14.6 Å². The fourth-order valence-electron chi connectivity index (χ4n) is 2.68. The predicted octanol–water partition coefficient (Wildman–Crippen LogP) is 2.42. The third-order valence-electron chi connectivity index (χ3n) is 4.03. The summed E-state index contributed by atoms with van der Waals surface area (Å²) in [6.07, 6.45) is 1.74. The minimum absolute atomic E-state index is 0. The Morgan fingerprint density at radius 2 is 1.73 bits per heavy atom. The zero-order chi connectivity index (χ0) is 23.1.